The molecule has 0 saturated carbocycles. The number of nitrogens with two attached hydrogens (primary N) is 1. The Morgan fingerprint density at radius 2 is 1.89 bits per heavy atom. The largest absolute Gasteiger partial charge is 0.342 e. The van der Waals surface area contributed by atoms with Crippen molar-refractivity contribution < 1.29 is 0 Å². The smallest absolute Gasteiger partial charge is 0.206 e. The van der Waals surface area contributed by atoms with Gasteiger partial charge in [0.1, 0.15) is 0 Å². The zero-order valence-corrected chi connectivity index (χ0v) is 11.4. The number of aryl methyl sites for hydroxylation is 1. The van der Waals surface area contributed by atoms with Crippen molar-refractivity contribution in [3.8, 4) is 0 Å². The molecule has 1 saturated heterocycles. The predicted octanol–water partition coefficient (Wildman–Crippen LogP) is 1.92. The van der Waals surface area contributed by atoms with Gasteiger partial charge in [-0.25, -0.2) is 4.98 Å². The second-order valence-electron chi connectivity index (χ2n) is 4.78. The van der Waals surface area contributed by atoms with E-state index < -0.39 is 0 Å². The average Bonchev–Trinajstić information content (AvgIpc) is 2.69. The highest BCUT2D eigenvalue weighted by Gasteiger charge is 2.20. The minimum atomic E-state index is 0. The molecule has 0 amide bonds. The fourth-order valence-corrected chi connectivity index (χ4v) is 2.52. The van der Waals surface area contributed by atoms with Gasteiger partial charge in [0.25, 0.3) is 0 Å². The molecule has 2 heterocycles. The molecule has 0 radical (unpaired) electrons. The maximum absolute atomic E-state index is 5.93. The van der Waals surface area contributed by atoms with Crippen LogP contribution >= 0.6 is 12.4 Å². The average molecular weight is 267 g/mol. The lowest BCUT2D eigenvalue weighted by Crippen LogP contribution is -2.40. The summed E-state index contributed by atoms with van der Waals surface area (Å²) in [6.07, 6.45) is 2.12. The van der Waals surface area contributed by atoms with Crippen LogP contribution in [0.5, 0.6) is 0 Å². The van der Waals surface area contributed by atoms with E-state index in [9.17, 15) is 0 Å². The van der Waals surface area contributed by atoms with Crippen molar-refractivity contribution in [1.82, 2.24) is 9.55 Å². The van der Waals surface area contributed by atoms with Crippen LogP contribution in [0.15, 0.2) is 24.3 Å². The Kier molecular flexibility index (Phi) is 3.78. The standard InChI is InChI=1S/C13H18N4.ClH/c1-16-12-5-3-2-4-11(12)15-13(16)17-8-6-10(14)7-9-17;/h2-5,10H,6-9,14H2,1H3;1H. The first-order valence-corrected chi connectivity index (χ1v) is 6.17. The Labute approximate surface area is 113 Å². The Morgan fingerprint density at radius 1 is 1.22 bits per heavy atom. The van der Waals surface area contributed by atoms with Crippen molar-refractivity contribution in [2.45, 2.75) is 18.9 Å². The van der Waals surface area contributed by atoms with Crippen LogP contribution in [0.4, 0.5) is 5.95 Å². The van der Waals surface area contributed by atoms with Crippen molar-refractivity contribution in [2.75, 3.05) is 18.0 Å². The molecular formula is C13H19ClN4. The number of imidazole rings is 1. The molecule has 0 spiro atoms. The quantitative estimate of drug-likeness (QED) is 0.858. The third-order valence-electron chi connectivity index (χ3n) is 3.59. The van der Waals surface area contributed by atoms with Crippen LogP contribution in [0.25, 0.3) is 11.0 Å². The molecule has 98 valence electrons. The summed E-state index contributed by atoms with van der Waals surface area (Å²) in [6, 6.07) is 8.63. The van der Waals surface area contributed by atoms with E-state index in [0.717, 1.165) is 37.4 Å². The molecule has 1 aliphatic heterocycles. The number of aromatic nitrogens is 2. The highest BCUT2D eigenvalue weighted by Crippen LogP contribution is 2.23. The number of hydrogen-bond acceptors (Lipinski definition) is 3. The molecule has 1 aromatic heterocycles. The highest BCUT2D eigenvalue weighted by molar-refractivity contribution is 5.85. The maximum atomic E-state index is 5.93. The molecule has 1 fully saturated rings. The van der Waals surface area contributed by atoms with Gasteiger partial charge < -0.3 is 15.2 Å². The Balaban J connectivity index is 0.00000120. The van der Waals surface area contributed by atoms with E-state index in [-0.39, 0.29) is 12.4 Å². The number of fused-ring (bicyclic) bond motifs is 1. The second kappa shape index (κ2) is 5.16. The normalized spacial score (nSPS) is 16.9. The highest BCUT2D eigenvalue weighted by atomic mass is 35.5. The van der Waals surface area contributed by atoms with Gasteiger partial charge in [0.05, 0.1) is 11.0 Å². The van der Waals surface area contributed by atoms with Gasteiger partial charge in [-0.3, -0.25) is 0 Å². The van der Waals surface area contributed by atoms with E-state index in [1.165, 1.54) is 5.52 Å². The molecule has 1 aromatic carbocycles. The third-order valence-corrected chi connectivity index (χ3v) is 3.59. The van der Waals surface area contributed by atoms with Crippen LogP contribution in [0, 0.1) is 0 Å². The van der Waals surface area contributed by atoms with Crippen molar-refractivity contribution in [3.63, 3.8) is 0 Å². The number of rotatable bonds is 1. The fourth-order valence-electron chi connectivity index (χ4n) is 2.52. The SMILES string of the molecule is Cl.Cn1c(N2CCC(N)CC2)nc2ccccc21. The molecule has 0 atom stereocenters. The van der Waals surface area contributed by atoms with Gasteiger partial charge in [-0.1, -0.05) is 12.1 Å². The van der Waals surface area contributed by atoms with Crippen molar-refractivity contribution in [3.05, 3.63) is 24.3 Å². The summed E-state index contributed by atoms with van der Waals surface area (Å²) >= 11 is 0. The minimum Gasteiger partial charge on any atom is -0.342 e. The number of hydrogen-bond donors (Lipinski definition) is 1. The van der Waals surface area contributed by atoms with Gasteiger partial charge in [-0.05, 0) is 25.0 Å². The van der Waals surface area contributed by atoms with Crippen LogP contribution in [0.3, 0.4) is 0 Å². The summed E-state index contributed by atoms with van der Waals surface area (Å²) in [6.45, 7) is 2.02. The van der Waals surface area contributed by atoms with Crippen molar-refractivity contribution >= 4 is 29.4 Å². The van der Waals surface area contributed by atoms with Gasteiger partial charge in [-0.15, -0.1) is 12.4 Å². The van der Waals surface area contributed by atoms with Crippen molar-refractivity contribution in [1.29, 1.82) is 0 Å². The summed E-state index contributed by atoms with van der Waals surface area (Å²) in [5.74, 6) is 1.07. The summed E-state index contributed by atoms with van der Waals surface area (Å²) in [5.41, 5.74) is 8.20. The molecule has 18 heavy (non-hydrogen) atoms. The number of anilines is 1. The minimum absolute atomic E-state index is 0. The van der Waals surface area contributed by atoms with Crippen LogP contribution in [0.2, 0.25) is 0 Å². The van der Waals surface area contributed by atoms with E-state index in [2.05, 4.69) is 34.7 Å². The Bertz CT molecular complexity index is 529. The number of nitrogens with zero attached hydrogens (tertiary/aromatic N) is 3. The first kappa shape index (κ1) is 13.2. The monoisotopic (exact) mass is 266 g/mol. The molecule has 2 N–H and O–H groups in total. The van der Waals surface area contributed by atoms with E-state index in [4.69, 9.17) is 10.7 Å². The number of para-hydroxylation sites is 2. The first-order chi connectivity index (χ1) is 8.25. The maximum Gasteiger partial charge on any atom is 0.206 e. The number of halogens is 1. The van der Waals surface area contributed by atoms with Crippen LogP contribution in [-0.4, -0.2) is 28.7 Å². The third kappa shape index (κ3) is 2.18. The van der Waals surface area contributed by atoms with Crippen LogP contribution in [0.1, 0.15) is 12.8 Å². The molecule has 1 aliphatic rings. The number of benzene rings is 1. The summed E-state index contributed by atoms with van der Waals surface area (Å²) in [5, 5.41) is 0. The molecule has 5 heteroatoms. The van der Waals surface area contributed by atoms with Gasteiger partial charge in [0.15, 0.2) is 0 Å². The van der Waals surface area contributed by atoms with Crippen LogP contribution in [-0.2, 0) is 7.05 Å². The van der Waals surface area contributed by atoms with Gasteiger partial charge in [0.2, 0.25) is 5.95 Å². The lowest BCUT2D eigenvalue weighted by Gasteiger charge is -2.30. The van der Waals surface area contributed by atoms with Crippen LogP contribution < -0.4 is 10.6 Å². The predicted molar refractivity (Wildman–Crippen MR) is 77.4 cm³/mol. The molecular weight excluding hydrogens is 248 g/mol. The summed E-state index contributed by atoms with van der Waals surface area (Å²) in [7, 11) is 2.08. The van der Waals surface area contributed by atoms with E-state index in [1.807, 2.05) is 6.07 Å². The zero-order valence-electron chi connectivity index (χ0n) is 10.5. The summed E-state index contributed by atoms with van der Waals surface area (Å²) < 4.78 is 2.17. The van der Waals surface area contributed by atoms with E-state index in [0.29, 0.717) is 6.04 Å². The first-order valence-electron chi connectivity index (χ1n) is 6.17. The lowest BCUT2D eigenvalue weighted by atomic mass is 10.1. The topological polar surface area (TPSA) is 47.1 Å². The molecule has 0 unspecified atom stereocenters. The fraction of sp³-hybridized carbons (Fsp3) is 0.462. The van der Waals surface area contributed by atoms with Gasteiger partial charge in [-0.2, -0.15) is 0 Å². The molecule has 0 aliphatic carbocycles. The second-order valence-corrected chi connectivity index (χ2v) is 4.78. The molecule has 2 aromatic rings. The Hall–Kier alpha value is -1.26. The Morgan fingerprint density at radius 3 is 2.56 bits per heavy atom. The zero-order chi connectivity index (χ0) is 11.8. The van der Waals surface area contributed by atoms with Gasteiger partial charge in [0, 0.05) is 26.2 Å². The van der Waals surface area contributed by atoms with Crippen molar-refractivity contribution in [2.24, 2.45) is 12.8 Å². The summed E-state index contributed by atoms with van der Waals surface area (Å²) in [4.78, 5) is 7.05. The van der Waals surface area contributed by atoms with Gasteiger partial charge >= 0.3 is 0 Å². The number of piperidine rings is 1. The molecule has 3 rings (SSSR count). The molecule has 0 bridgehead atoms. The van der Waals surface area contributed by atoms with E-state index >= 15 is 0 Å². The lowest BCUT2D eigenvalue weighted by molar-refractivity contribution is 0.493. The van der Waals surface area contributed by atoms with E-state index in [1.54, 1.807) is 0 Å². The molecule has 4 nitrogen and oxygen atoms in total.